The minimum absolute atomic E-state index is 0. The van der Waals surface area contributed by atoms with E-state index < -0.39 is 0 Å². The number of anilines is 5. The molecule has 0 N–H and O–H groups in total. The fraction of sp³-hybridized carbons (Fsp3) is 0.0256. The molecule has 10 rings (SSSR count). The molecule has 0 radical (unpaired) electrons. The average Bonchev–Trinajstić information content (AvgIpc) is 3.67. The molecule has 0 saturated carbocycles. The second-order valence-corrected chi connectivity index (χ2v) is 11.4. The third-order valence-corrected chi connectivity index (χ3v) is 8.89. The zero-order valence-corrected chi connectivity index (χ0v) is 27.4. The first kappa shape index (κ1) is 28.4. The van der Waals surface area contributed by atoms with Crippen molar-refractivity contribution < 1.29 is 20.1 Å². The Morgan fingerprint density at radius 2 is 1.30 bits per heavy atom. The number of nitrogens with zero attached hydrogens (tertiary/aromatic N) is 5. The molecule has 7 aromatic rings. The predicted molar refractivity (Wildman–Crippen MR) is 186 cm³/mol. The van der Waals surface area contributed by atoms with Crippen LogP contribution in [0.5, 0.6) is 0 Å². The first-order valence-electron chi connectivity index (χ1n) is 15.2. The molecule has 0 atom stereocenters. The summed E-state index contributed by atoms with van der Waals surface area (Å²) in [6.07, 6.45) is 0. The van der Waals surface area contributed by atoms with E-state index in [1.165, 1.54) is 44.6 Å². The molecule has 1 aromatic heterocycles. The van der Waals surface area contributed by atoms with Crippen LogP contribution in [0.3, 0.4) is 0 Å². The van der Waals surface area contributed by atoms with Gasteiger partial charge in [0, 0.05) is 33.6 Å². The summed E-state index contributed by atoms with van der Waals surface area (Å²) in [5.41, 5.74) is 13.0. The van der Waals surface area contributed by atoms with Gasteiger partial charge in [0.1, 0.15) is 0 Å². The van der Waals surface area contributed by atoms with Gasteiger partial charge in [0.2, 0.25) is 0 Å². The molecule has 0 bridgehead atoms. The van der Waals surface area contributed by atoms with Gasteiger partial charge in [0.15, 0.2) is 0 Å². The maximum atomic E-state index is 4.97. The topological polar surface area (TPSA) is 27.5 Å². The van der Waals surface area contributed by atoms with Gasteiger partial charge in [-0.1, -0.05) is 78.5 Å². The molecular weight excluding hydrogens is 741 g/mol. The summed E-state index contributed by atoms with van der Waals surface area (Å²) in [6, 6.07) is 55.2. The molecule has 0 fully saturated rings. The molecule has 0 amide bonds. The molecule has 0 unspecified atom stereocenters. The van der Waals surface area contributed by atoms with Crippen molar-refractivity contribution >= 4 is 57.2 Å². The summed E-state index contributed by atoms with van der Waals surface area (Å²) in [4.78, 5) is 6.73. The van der Waals surface area contributed by atoms with Gasteiger partial charge in [-0.2, -0.15) is 60.3 Å². The zero-order valence-electron chi connectivity index (χ0n) is 25.0. The van der Waals surface area contributed by atoms with Gasteiger partial charge in [0.25, 0.3) is 0 Å². The molecule has 0 spiro atoms. The van der Waals surface area contributed by atoms with Crippen LogP contribution in [-0.4, -0.2) is 23.7 Å². The van der Waals surface area contributed by atoms with E-state index in [-0.39, 0.29) is 27.0 Å². The fourth-order valence-corrected chi connectivity index (χ4v) is 6.97. The normalized spacial score (nSPS) is 13.3. The van der Waals surface area contributed by atoms with E-state index in [0.29, 0.717) is 0 Å². The molecule has 6 aromatic carbocycles. The van der Waals surface area contributed by atoms with Crippen LogP contribution in [0.25, 0.3) is 27.7 Å². The van der Waals surface area contributed by atoms with Crippen molar-refractivity contribution in [3.63, 3.8) is 0 Å². The third kappa shape index (κ3) is 4.31. The molecule has 7 heteroatoms. The van der Waals surface area contributed by atoms with E-state index in [0.717, 1.165) is 22.6 Å². The second-order valence-electron chi connectivity index (χ2n) is 11.4. The Labute approximate surface area is 282 Å². The van der Waals surface area contributed by atoms with Gasteiger partial charge in [-0.25, -0.2) is 0 Å². The van der Waals surface area contributed by atoms with Crippen molar-refractivity contribution in [3.8, 4) is 16.8 Å². The standard InChI is InChI=1S/C25H15BN3.C14H12N2.Ir/c1-4-12-20-17(9-1)18-10-3-6-14-22(18)28-23-15-7-8-16-24(23)29-25(26(20)28)19-11-2-5-13-21(19)27-29;1-15-11-16(12-7-3-2-4-8-12)14-10-6-5-9-13(14)15;/h1-15H;2-7,9-11H,1H3;/q-1;-2;+3. The summed E-state index contributed by atoms with van der Waals surface area (Å²) in [6.45, 7) is 2.15. The Kier molecular flexibility index (Phi) is 7.01. The van der Waals surface area contributed by atoms with Crippen LogP contribution < -0.4 is 25.7 Å². The van der Waals surface area contributed by atoms with Crippen LogP contribution >= 0.6 is 0 Å². The Balaban J connectivity index is 0.000000157. The monoisotopic (exact) mass is 769 g/mol. The molecule has 0 saturated heterocycles. The fourth-order valence-electron chi connectivity index (χ4n) is 6.97. The predicted octanol–water partition coefficient (Wildman–Crippen LogP) is 7.25. The molecular formula is C39H27BIrN5. The van der Waals surface area contributed by atoms with E-state index in [4.69, 9.17) is 5.10 Å². The van der Waals surface area contributed by atoms with Crippen molar-refractivity contribution in [2.45, 2.75) is 0 Å². The van der Waals surface area contributed by atoms with Crippen LogP contribution in [0.4, 0.5) is 28.4 Å². The Morgan fingerprint density at radius 1 is 0.630 bits per heavy atom. The van der Waals surface area contributed by atoms with E-state index in [1.807, 2.05) is 24.3 Å². The minimum Gasteiger partial charge on any atom is -0.504 e. The summed E-state index contributed by atoms with van der Waals surface area (Å²) in [5, 5.41) is 6.17. The number of fused-ring (bicyclic) bond motifs is 14. The van der Waals surface area contributed by atoms with Crippen LogP contribution in [0.15, 0.2) is 140 Å². The third-order valence-electron chi connectivity index (χ3n) is 8.89. The van der Waals surface area contributed by atoms with E-state index in [2.05, 4.69) is 160 Å². The van der Waals surface area contributed by atoms with Crippen LogP contribution in [0.2, 0.25) is 0 Å². The number of hydrogen-bond donors (Lipinski definition) is 0. The first-order chi connectivity index (χ1) is 22.3. The number of rotatable bonds is 1. The van der Waals surface area contributed by atoms with Crippen molar-refractivity contribution in [3.05, 3.63) is 158 Å². The van der Waals surface area contributed by atoms with E-state index >= 15 is 0 Å². The van der Waals surface area contributed by atoms with Crippen molar-refractivity contribution in [1.29, 1.82) is 0 Å². The first-order valence-corrected chi connectivity index (χ1v) is 15.2. The van der Waals surface area contributed by atoms with Gasteiger partial charge in [-0.15, -0.1) is 11.8 Å². The summed E-state index contributed by atoms with van der Waals surface area (Å²) in [5.74, 6) is 0. The molecule has 0 aliphatic carbocycles. The van der Waals surface area contributed by atoms with Crippen LogP contribution in [0.1, 0.15) is 0 Å². The Hall–Kier alpha value is -5.10. The number of aromatic nitrogens is 2. The summed E-state index contributed by atoms with van der Waals surface area (Å²) >= 11 is 0. The van der Waals surface area contributed by atoms with Crippen molar-refractivity contribution in [2.75, 3.05) is 21.7 Å². The van der Waals surface area contributed by atoms with Crippen LogP contribution in [-0.2, 0) is 20.1 Å². The molecule has 220 valence electrons. The quantitative estimate of drug-likeness (QED) is 0.130. The molecule has 46 heavy (non-hydrogen) atoms. The summed E-state index contributed by atoms with van der Waals surface area (Å²) in [7, 11) is 2.06. The maximum absolute atomic E-state index is 4.97. The van der Waals surface area contributed by atoms with Crippen molar-refractivity contribution in [1.82, 2.24) is 9.78 Å². The van der Waals surface area contributed by atoms with Gasteiger partial charge >= 0.3 is 27.0 Å². The van der Waals surface area contributed by atoms with Gasteiger partial charge in [-0.3, -0.25) is 4.68 Å². The van der Waals surface area contributed by atoms with Crippen LogP contribution in [0, 0.1) is 18.8 Å². The van der Waals surface area contributed by atoms with Gasteiger partial charge in [0.05, 0.1) is 5.52 Å². The number of benzene rings is 6. The second kappa shape index (κ2) is 11.4. The smallest absolute Gasteiger partial charge is 0.504 e. The summed E-state index contributed by atoms with van der Waals surface area (Å²) < 4.78 is 2.10. The number of hydrogen-bond acceptors (Lipinski definition) is 4. The average molecular weight is 769 g/mol. The Morgan fingerprint density at radius 3 is 2.15 bits per heavy atom. The largest absolute Gasteiger partial charge is 3.00 e. The SMILES string of the molecule is CN1[CH-]N(c2[c-]cccc2)c2ccccc21.[Ir+3].[c-]1cccc2c1-n1nc3ccccc3c1B1c3ccccc3-c3ccccc3N12. The van der Waals surface area contributed by atoms with E-state index in [9.17, 15) is 0 Å². The maximum Gasteiger partial charge on any atom is 3.00 e. The minimum atomic E-state index is 0. The molecule has 5 nitrogen and oxygen atoms in total. The Bertz CT molecular complexity index is 2210. The van der Waals surface area contributed by atoms with Crippen molar-refractivity contribution in [2.24, 2.45) is 0 Å². The zero-order chi connectivity index (χ0) is 29.9. The molecule has 3 aliphatic rings. The van der Waals surface area contributed by atoms with Gasteiger partial charge < -0.3 is 14.6 Å². The van der Waals surface area contributed by atoms with Gasteiger partial charge in [-0.05, 0) is 48.0 Å². The molecule has 4 heterocycles. The number of para-hydroxylation sites is 5. The molecule has 3 aliphatic heterocycles. The van der Waals surface area contributed by atoms with E-state index in [1.54, 1.807) is 0 Å².